The molecule has 1 aliphatic heterocycles. The van der Waals surface area contributed by atoms with Crippen LogP contribution in [0.4, 0.5) is 0 Å². The largest absolute Gasteiger partial charge is 0.497 e. The van der Waals surface area contributed by atoms with Gasteiger partial charge in [0.05, 0.1) is 31.6 Å². The van der Waals surface area contributed by atoms with E-state index in [1.54, 1.807) is 32.4 Å². The average Bonchev–Trinajstić information content (AvgIpc) is 3.24. The second kappa shape index (κ2) is 10.8. The first kappa shape index (κ1) is 24.5. The molecule has 4 rings (SSSR count). The summed E-state index contributed by atoms with van der Waals surface area (Å²) in [4.78, 5) is 12.8. The van der Waals surface area contributed by atoms with E-state index >= 15 is 0 Å². The SMILES string of the molecule is COc1ccc(-c2nnc(SCC(=O)NC(c3ccc4c(c3)OCCO4)C(C)C)n2N)c(OC)c1. The van der Waals surface area contributed by atoms with Crippen LogP contribution in [0.3, 0.4) is 0 Å². The Morgan fingerprint density at radius 1 is 1.11 bits per heavy atom. The van der Waals surface area contributed by atoms with Crippen LogP contribution < -0.4 is 30.1 Å². The van der Waals surface area contributed by atoms with E-state index in [0.717, 1.165) is 11.3 Å². The average molecular weight is 500 g/mol. The summed E-state index contributed by atoms with van der Waals surface area (Å²) in [5, 5.41) is 11.9. The molecule has 11 heteroatoms. The molecule has 2 aromatic carbocycles. The predicted octanol–water partition coefficient (Wildman–Crippen LogP) is 3.05. The van der Waals surface area contributed by atoms with Crippen molar-refractivity contribution in [3.8, 4) is 34.4 Å². The van der Waals surface area contributed by atoms with Crippen molar-refractivity contribution in [2.45, 2.75) is 25.0 Å². The van der Waals surface area contributed by atoms with Gasteiger partial charge in [0.15, 0.2) is 17.3 Å². The van der Waals surface area contributed by atoms with Gasteiger partial charge in [0.25, 0.3) is 0 Å². The molecule has 0 radical (unpaired) electrons. The fraction of sp³-hybridized carbons (Fsp3) is 0.375. The lowest BCUT2D eigenvalue weighted by molar-refractivity contribution is -0.119. The lowest BCUT2D eigenvalue weighted by atomic mass is 9.95. The summed E-state index contributed by atoms with van der Waals surface area (Å²) < 4.78 is 23.3. The molecule has 0 aliphatic carbocycles. The summed E-state index contributed by atoms with van der Waals surface area (Å²) in [6.07, 6.45) is 0. The van der Waals surface area contributed by atoms with E-state index in [-0.39, 0.29) is 23.6 Å². The second-order valence-corrected chi connectivity index (χ2v) is 9.17. The molecule has 1 amide bonds. The smallest absolute Gasteiger partial charge is 0.230 e. The van der Waals surface area contributed by atoms with Crippen LogP contribution in [0, 0.1) is 5.92 Å². The number of hydrogen-bond donors (Lipinski definition) is 2. The third kappa shape index (κ3) is 5.40. The van der Waals surface area contributed by atoms with Crippen LogP contribution in [-0.4, -0.2) is 54.0 Å². The molecule has 186 valence electrons. The zero-order valence-electron chi connectivity index (χ0n) is 20.1. The molecule has 10 nitrogen and oxygen atoms in total. The number of fused-ring (bicyclic) bond motifs is 1. The van der Waals surface area contributed by atoms with E-state index in [2.05, 4.69) is 29.4 Å². The molecule has 1 unspecified atom stereocenters. The minimum atomic E-state index is -0.186. The van der Waals surface area contributed by atoms with Gasteiger partial charge in [-0.3, -0.25) is 4.79 Å². The molecule has 1 atom stereocenters. The zero-order chi connectivity index (χ0) is 24.9. The van der Waals surface area contributed by atoms with E-state index in [1.165, 1.54) is 16.4 Å². The van der Waals surface area contributed by atoms with Crippen LogP contribution in [0.25, 0.3) is 11.4 Å². The Hall–Kier alpha value is -3.60. The Morgan fingerprint density at radius 2 is 1.89 bits per heavy atom. The normalized spacial score (nSPS) is 13.4. The lowest BCUT2D eigenvalue weighted by Gasteiger charge is -2.25. The van der Waals surface area contributed by atoms with Crippen LogP contribution in [-0.2, 0) is 4.79 Å². The van der Waals surface area contributed by atoms with E-state index in [4.69, 9.17) is 24.8 Å². The number of benzene rings is 2. The van der Waals surface area contributed by atoms with Gasteiger partial charge in [-0.05, 0) is 35.7 Å². The van der Waals surface area contributed by atoms with Gasteiger partial charge in [-0.25, -0.2) is 4.68 Å². The summed E-state index contributed by atoms with van der Waals surface area (Å²) in [5.74, 6) is 9.43. The number of nitrogens with one attached hydrogen (secondary N) is 1. The van der Waals surface area contributed by atoms with Crippen LogP contribution in [0.15, 0.2) is 41.6 Å². The number of hydrogen-bond acceptors (Lipinski definition) is 9. The lowest BCUT2D eigenvalue weighted by Crippen LogP contribution is -2.33. The van der Waals surface area contributed by atoms with E-state index < -0.39 is 0 Å². The highest BCUT2D eigenvalue weighted by Crippen LogP contribution is 2.35. The van der Waals surface area contributed by atoms with E-state index in [1.807, 2.05) is 18.2 Å². The van der Waals surface area contributed by atoms with Gasteiger partial charge in [0, 0.05) is 6.07 Å². The highest BCUT2D eigenvalue weighted by atomic mass is 32.2. The van der Waals surface area contributed by atoms with Crippen molar-refractivity contribution in [1.82, 2.24) is 20.2 Å². The van der Waals surface area contributed by atoms with Crippen LogP contribution in [0.2, 0.25) is 0 Å². The Kier molecular flexibility index (Phi) is 7.54. The number of thioether (sulfide) groups is 1. The maximum atomic E-state index is 12.8. The minimum absolute atomic E-state index is 0.128. The fourth-order valence-electron chi connectivity index (χ4n) is 3.78. The molecule has 0 bridgehead atoms. The standard InChI is InChI=1S/C24H29N5O5S/c1-14(2)22(15-5-8-18-20(11-15)34-10-9-33-18)26-21(30)13-35-24-28-27-23(29(24)25)17-7-6-16(31-3)12-19(17)32-4/h5-8,11-12,14,22H,9-10,13,25H2,1-4H3,(H,26,30). The molecule has 35 heavy (non-hydrogen) atoms. The number of aromatic nitrogens is 3. The maximum Gasteiger partial charge on any atom is 0.230 e. The molecular formula is C24H29N5O5S. The van der Waals surface area contributed by atoms with Crippen molar-refractivity contribution in [3.05, 3.63) is 42.0 Å². The first-order valence-corrected chi connectivity index (χ1v) is 12.1. The number of nitrogen functional groups attached to an aromatic ring is 1. The molecule has 0 fully saturated rings. The van der Waals surface area contributed by atoms with Gasteiger partial charge in [-0.15, -0.1) is 10.2 Å². The molecule has 0 saturated carbocycles. The first-order valence-electron chi connectivity index (χ1n) is 11.2. The van der Waals surface area contributed by atoms with Gasteiger partial charge in [-0.1, -0.05) is 31.7 Å². The summed E-state index contributed by atoms with van der Waals surface area (Å²) in [5.41, 5.74) is 1.62. The van der Waals surface area contributed by atoms with Crippen molar-refractivity contribution in [1.29, 1.82) is 0 Å². The van der Waals surface area contributed by atoms with Crippen LogP contribution in [0.1, 0.15) is 25.5 Å². The fourth-order valence-corrected chi connectivity index (χ4v) is 4.44. The molecule has 3 N–H and O–H groups in total. The topological polar surface area (TPSA) is 123 Å². The highest BCUT2D eigenvalue weighted by molar-refractivity contribution is 7.99. The Bertz CT molecular complexity index is 1200. The number of nitrogens with zero attached hydrogens (tertiary/aromatic N) is 3. The van der Waals surface area contributed by atoms with E-state index in [0.29, 0.717) is 47.0 Å². The Morgan fingerprint density at radius 3 is 2.60 bits per heavy atom. The number of nitrogens with two attached hydrogens (primary N) is 1. The van der Waals surface area contributed by atoms with Gasteiger partial charge < -0.3 is 30.1 Å². The van der Waals surface area contributed by atoms with Gasteiger partial charge in [-0.2, -0.15) is 0 Å². The third-order valence-corrected chi connectivity index (χ3v) is 6.50. The number of carbonyl (C=O) groups excluding carboxylic acids is 1. The third-order valence-electron chi connectivity index (χ3n) is 5.56. The van der Waals surface area contributed by atoms with Gasteiger partial charge in [0.1, 0.15) is 24.7 Å². The summed E-state index contributed by atoms with van der Waals surface area (Å²) in [6.45, 7) is 5.16. The zero-order valence-corrected chi connectivity index (χ0v) is 20.9. The molecule has 3 aromatic rings. The van der Waals surface area contributed by atoms with E-state index in [9.17, 15) is 4.79 Å². The van der Waals surface area contributed by atoms with Crippen molar-refractivity contribution >= 4 is 17.7 Å². The van der Waals surface area contributed by atoms with Gasteiger partial charge >= 0.3 is 0 Å². The highest BCUT2D eigenvalue weighted by Gasteiger charge is 2.23. The quantitative estimate of drug-likeness (QED) is 0.338. The predicted molar refractivity (Wildman–Crippen MR) is 133 cm³/mol. The second-order valence-electron chi connectivity index (χ2n) is 8.22. The molecule has 0 saturated heterocycles. The number of methoxy groups -OCH3 is 2. The molecular weight excluding hydrogens is 470 g/mol. The first-order chi connectivity index (χ1) is 16.9. The molecule has 2 heterocycles. The summed E-state index contributed by atoms with van der Waals surface area (Å²) >= 11 is 1.21. The van der Waals surface area contributed by atoms with Crippen LogP contribution >= 0.6 is 11.8 Å². The molecule has 1 aromatic heterocycles. The number of carbonyl (C=O) groups is 1. The number of rotatable bonds is 9. The number of amides is 1. The Labute approximate surface area is 208 Å². The summed E-state index contributed by atoms with van der Waals surface area (Å²) in [6, 6.07) is 10.9. The van der Waals surface area contributed by atoms with Crippen molar-refractivity contribution in [2.24, 2.45) is 5.92 Å². The molecule has 1 aliphatic rings. The maximum absolute atomic E-state index is 12.8. The van der Waals surface area contributed by atoms with Crippen molar-refractivity contribution in [3.63, 3.8) is 0 Å². The van der Waals surface area contributed by atoms with Crippen molar-refractivity contribution < 1.29 is 23.7 Å². The van der Waals surface area contributed by atoms with Crippen molar-refractivity contribution in [2.75, 3.05) is 39.0 Å². The Balaban J connectivity index is 1.43. The minimum Gasteiger partial charge on any atom is -0.497 e. The van der Waals surface area contributed by atoms with Gasteiger partial charge in [0.2, 0.25) is 11.1 Å². The summed E-state index contributed by atoms with van der Waals surface area (Å²) in [7, 11) is 3.14. The van der Waals surface area contributed by atoms with Crippen LogP contribution in [0.5, 0.6) is 23.0 Å². The molecule has 0 spiro atoms. The number of ether oxygens (including phenoxy) is 4. The monoisotopic (exact) mass is 499 g/mol.